The zero-order valence-corrected chi connectivity index (χ0v) is 51.6. The zero-order valence-electron chi connectivity index (χ0n) is 51.6. The lowest BCUT2D eigenvalue weighted by Crippen LogP contribution is -2.30. The smallest absolute Gasteiger partial charge is 0.306 e. The van der Waals surface area contributed by atoms with Crippen LogP contribution < -0.4 is 0 Å². The van der Waals surface area contributed by atoms with Gasteiger partial charge in [0, 0.05) is 19.3 Å². The van der Waals surface area contributed by atoms with Crippen LogP contribution in [-0.4, -0.2) is 37.2 Å². The maximum atomic E-state index is 12.9. The molecule has 0 saturated heterocycles. The molecule has 0 saturated carbocycles. The van der Waals surface area contributed by atoms with Crippen LogP contribution in [0.2, 0.25) is 0 Å². The molecule has 0 fully saturated rings. The fourth-order valence-corrected chi connectivity index (χ4v) is 10.5. The van der Waals surface area contributed by atoms with Gasteiger partial charge >= 0.3 is 17.9 Å². The van der Waals surface area contributed by atoms with Gasteiger partial charge in [-0.15, -0.1) is 0 Å². The van der Waals surface area contributed by atoms with Gasteiger partial charge in [0.25, 0.3) is 0 Å². The summed E-state index contributed by atoms with van der Waals surface area (Å²) in [7, 11) is 0. The van der Waals surface area contributed by atoms with Crippen molar-refractivity contribution in [2.24, 2.45) is 0 Å². The van der Waals surface area contributed by atoms with Crippen LogP contribution in [0.5, 0.6) is 0 Å². The minimum absolute atomic E-state index is 0.0693. The predicted octanol–water partition coefficient (Wildman–Crippen LogP) is 23.4. The highest BCUT2D eigenvalue weighted by Gasteiger charge is 2.19. The molecular weight excluding hydrogens is 937 g/mol. The van der Waals surface area contributed by atoms with E-state index in [1.807, 2.05) is 0 Å². The fraction of sp³-hybridized carbons (Fsp3) is 0.900. The molecule has 0 aromatic rings. The van der Waals surface area contributed by atoms with Crippen LogP contribution in [0.4, 0.5) is 0 Å². The molecule has 0 N–H and O–H groups in total. The Bertz CT molecular complexity index is 1230. The number of rotatable bonds is 64. The highest BCUT2D eigenvalue weighted by molar-refractivity contribution is 5.71. The third-order valence-electron chi connectivity index (χ3n) is 15.7. The predicted molar refractivity (Wildman–Crippen MR) is 330 cm³/mol. The van der Waals surface area contributed by atoms with E-state index in [1.54, 1.807) is 0 Å². The Morgan fingerprint density at radius 2 is 0.474 bits per heavy atom. The van der Waals surface area contributed by atoms with E-state index in [0.29, 0.717) is 19.3 Å². The van der Waals surface area contributed by atoms with Gasteiger partial charge in [0.2, 0.25) is 0 Å². The SMILES string of the molecule is CCCCC/C=C\C/C=C\CCCCCCCC(=O)OCC(COC(=O)CCCCCCCCCCCCCCCCCCCCCCCC)OC(=O)CCCCCCCCCCCCCCCCCCCCCCC. The molecule has 6 heteroatoms. The first-order valence-corrected chi connectivity index (χ1v) is 34.3. The molecule has 0 aliphatic rings. The molecule has 0 aromatic carbocycles. The fourth-order valence-electron chi connectivity index (χ4n) is 10.5. The van der Waals surface area contributed by atoms with Crippen molar-refractivity contribution >= 4 is 17.9 Å². The molecule has 448 valence electrons. The molecule has 0 rings (SSSR count). The van der Waals surface area contributed by atoms with E-state index in [4.69, 9.17) is 14.2 Å². The summed E-state index contributed by atoms with van der Waals surface area (Å²) in [5.41, 5.74) is 0. The van der Waals surface area contributed by atoms with Crippen molar-refractivity contribution in [3.8, 4) is 0 Å². The number of ether oxygens (including phenoxy) is 3. The number of allylic oxidation sites excluding steroid dienone is 4. The lowest BCUT2D eigenvalue weighted by Gasteiger charge is -2.18. The second kappa shape index (κ2) is 65.4. The summed E-state index contributed by atoms with van der Waals surface area (Å²) in [6.45, 7) is 6.69. The first-order valence-electron chi connectivity index (χ1n) is 34.3. The van der Waals surface area contributed by atoms with Gasteiger partial charge in [-0.2, -0.15) is 0 Å². The van der Waals surface area contributed by atoms with Crippen molar-refractivity contribution in [2.45, 2.75) is 393 Å². The summed E-state index contributed by atoms with van der Waals surface area (Å²) in [5.74, 6) is -0.851. The Hall–Kier alpha value is -2.11. The second-order valence-corrected chi connectivity index (χ2v) is 23.5. The number of hydrogen-bond donors (Lipinski definition) is 0. The number of unbranched alkanes of at least 4 members (excludes halogenated alkanes) is 49. The van der Waals surface area contributed by atoms with E-state index in [-0.39, 0.29) is 31.1 Å². The molecular formula is C70H132O6. The normalized spacial score (nSPS) is 12.1. The van der Waals surface area contributed by atoms with Crippen molar-refractivity contribution in [3.63, 3.8) is 0 Å². The summed E-state index contributed by atoms with van der Waals surface area (Å²) < 4.78 is 17.0. The minimum Gasteiger partial charge on any atom is -0.462 e. The Morgan fingerprint density at radius 1 is 0.263 bits per heavy atom. The summed E-state index contributed by atoms with van der Waals surface area (Å²) >= 11 is 0. The molecule has 0 amide bonds. The van der Waals surface area contributed by atoms with Gasteiger partial charge < -0.3 is 14.2 Å². The van der Waals surface area contributed by atoms with Gasteiger partial charge in [-0.1, -0.05) is 340 Å². The van der Waals surface area contributed by atoms with Gasteiger partial charge in [-0.05, 0) is 51.4 Å². The van der Waals surface area contributed by atoms with Gasteiger partial charge in [0.1, 0.15) is 13.2 Å². The maximum Gasteiger partial charge on any atom is 0.306 e. The lowest BCUT2D eigenvalue weighted by molar-refractivity contribution is -0.167. The third-order valence-corrected chi connectivity index (χ3v) is 15.7. The monoisotopic (exact) mass is 1070 g/mol. The van der Waals surface area contributed by atoms with Gasteiger partial charge in [-0.3, -0.25) is 14.4 Å². The van der Waals surface area contributed by atoms with E-state index in [9.17, 15) is 14.4 Å². The highest BCUT2D eigenvalue weighted by Crippen LogP contribution is 2.19. The molecule has 0 aliphatic carbocycles. The van der Waals surface area contributed by atoms with E-state index in [1.165, 1.54) is 270 Å². The number of carbonyl (C=O) groups excluding carboxylic acids is 3. The average molecular weight is 1070 g/mol. The van der Waals surface area contributed by atoms with Crippen LogP contribution >= 0.6 is 0 Å². The van der Waals surface area contributed by atoms with Crippen molar-refractivity contribution in [1.82, 2.24) is 0 Å². The maximum absolute atomic E-state index is 12.9. The van der Waals surface area contributed by atoms with Crippen molar-refractivity contribution in [1.29, 1.82) is 0 Å². The summed E-state index contributed by atoms with van der Waals surface area (Å²) in [6.07, 6.45) is 79.1. The Balaban J connectivity index is 4.28. The third kappa shape index (κ3) is 62.7. The molecule has 0 heterocycles. The number of carbonyl (C=O) groups is 3. The van der Waals surface area contributed by atoms with Crippen LogP contribution in [-0.2, 0) is 28.6 Å². The summed E-state index contributed by atoms with van der Waals surface area (Å²) in [6, 6.07) is 0. The van der Waals surface area contributed by atoms with Crippen molar-refractivity contribution < 1.29 is 28.6 Å². The van der Waals surface area contributed by atoms with Gasteiger partial charge in [0.05, 0.1) is 0 Å². The first kappa shape index (κ1) is 73.9. The van der Waals surface area contributed by atoms with Crippen LogP contribution in [0, 0.1) is 0 Å². The largest absolute Gasteiger partial charge is 0.462 e. The molecule has 0 spiro atoms. The van der Waals surface area contributed by atoms with E-state index < -0.39 is 6.10 Å². The number of hydrogen-bond acceptors (Lipinski definition) is 6. The summed E-state index contributed by atoms with van der Waals surface area (Å²) in [4.78, 5) is 38.4. The Labute approximate surface area is 474 Å². The molecule has 1 unspecified atom stereocenters. The molecule has 76 heavy (non-hydrogen) atoms. The molecule has 0 bridgehead atoms. The summed E-state index contributed by atoms with van der Waals surface area (Å²) in [5, 5.41) is 0. The van der Waals surface area contributed by atoms with Crippen molar-refractivity contribution in [3.05, 3.63) is 24.3 Å². The first-order chi connectivity index (χ1) is 37.5. The molecule has 0 aromatic heterocycles. The van der Waals surface area contributed by atoms with Crippen molar-refractivity contribution in [2.75, 3.05) is 13.2 Å². The van der Waals surface area contributed by atoms with Gasteiger partial charge in [0.15, 0.2) is 6.10 Å². The van der Waals surface area contributed by atoms with Crippen LogP contribution in [0.15, 0.2) is 24.3 Å². The Kier molecular flexibility index (Phi) is 63.6. The number of esters is 3. The second-order valence-electron chi connectivity index (χ2n) is 23.5. The highest BCUT2D eigenvalue weighted by atomic mass is 16.6. The van der Waals surface area contributed by atoms with Crippen LogP contribution in [0.25, 0.3) is 0 Å². The van der Waals surface area contributed by atoms with Crippen LogP contribution in [0.1, 0.15) is 387 Å². The Morgan fingerprint density at radius 3 is 0.750 bits per heavy atom. The standard InChI is InChI=1S/C70H132O6/c1-4-7-10-13-16-19-22-25-28-30-32-34-36-37-39-42-45-48-51-54-57-60-63-69(72)75-66-67(65-74-68(71)62-59-56-53-50-47-44-41-27-24-21-18-15-12-9-6-3)76-70(73)64-61-58-55-52-49-46-43-40-38-35-33-31-29-26-23-20-17-14-11-8-5-2/h18,21,27,41,67H,4-17,19-20,22-26,28-40,42-66H2,1-3H3/b21-18-,41-27-. The van der Waals surface area contributed by atoms with Crippen LogP contribution in [0.3, 0.4) is 0 Å². The van der Waals surface area contributed by atoms with E-state index in [0.717, 1.165) is 77.0 Å². The van der Waals surface area contributed by atoms with Gasteiger partial charge in [-0.25, -0.2) is 0 Å². The quantitative estimate of drug-likeness (QED) is 0.0261. The topological polar surface area (TPSA) is 78.9 Å². The molecule has 6 nitrogen and oxygen atoms in total. The minimum atomic E-state index is -0.774. The zero-order chi connectivity index (χ0) is 55.0. The molecule has 0 aliphatic heterocycles. The van der Waals surface area contributed by atoms with E-state index >= 15 is 0 Å². The average Bonchev–Trinajstić information content (AvgIpc) is 3.42. The molecule has 0 radical (unpaired) electrons. The van der Waals surface area contributed by atoms with E-state index in [2.05, 4.69) is 45.1 Å². The lowest BCUT2D eigenvalue weighted by atomic mass is 10.0. The molecule has 1 atom stereocenters.